The molecule has 0 aromatic heterocycles. The standard InChI is InChI=1S/C21H14F12O/c1-9(11-3-13(18(22,23)24)7-14(4-11)19(25,26)27)17(34)10(2)12-5-15(20(28,29)30)8-16(6-12)21(31,32)33/h3-10H,1-2H3. The van der Waals surface area contributed by atoms with Crippen LogP contribution in [0.3, 0.4) is 0 Å². The highest BCUT2D eigenvalue weighted by molar-refractivity contribution is 5.91. The van der Waals surface area contributed by atoms with E-state index >= 15 is 0 Å². The van der Waals surface area contributed by atoms with Crippen molar-refractivity contribution < 1.29 is 57.5 Å². The van der Waals surface area contributed by atoms with E-state index in [1.165, 1.54) is 0 Å². The fourth-order valence-electron chi connectivity index (χ4n) is 3.16. The lowest BCUT2D eigenvalue weighted by Crippen LogP contribution is -2.20. The van der Waals surface area contributed by atoms with Gasteiger partial charge in [-0.15, -0.1) is 0 Å². The number of alkyl halides is 12. The van der Waals surface area contributed by atoms with Crippen molar-refractivity contribution in [2.45, 2.75) is 50.4 Å². The lowest BCUT2D eigenvalue weighted by atomic mass is 9.83. The molecule has 0 aliphatic heterocycles. The van der Waals surface area contributed by atoms with Gasteiger partial charge < -0.3 is 0 Å². The first kappa shape index (κ1) is 27.5. The summed E-state index contributed by atoms with van der Waals surface area (Å²) in [6.07, 6.45) is -20.9. The Morgan fingerprint density at radius 2 is 0.706 bits per heavy atom. The number of hydrogen-bond donors (Lipinski definition) is 0. The van der Waals surface area contributed by atoms with E-state index in [1.807, 2.05) is 0 Å². The highest BCUT2D eigenvalue weighted by Gasteiger charge is 2.40. The SMILES string of the molecule is CC(C(=O)C(C)c1cc(C(F)(F)F)cc(C(F)(F)F)c1)c1cc(C(F)(F)F)cc(C(F)(F)F)c1. The lowest BCUT2D eigenvalue weighted by Gasteiger charge is -2.21. The van der Waals surface area contributed by atoms with Gasteiger partial charge in [-0.25, -0.2) is 0 Å². The molecule has 188 valence electrons. The van der Waals surface area contributed by atoms with Crippen LogP contribution in [0.4, 0.5) is 52.7 Å². The molecular formula is C21H14F12O. The van der Waals surface area contributed by atoms with E-state index in [4.69, 9.17) is 0 Å². The van der Waals surface area contributed by atoms with Crippen molar-refractivity contribution >= 4 is 5.78 Å². The highest BCUT2D eigenvalue weighted by atomic mass is 19.4. The van der Waals surface area contributed by atoms with Crippen LogP contribution < -0.4 is 0 Å². The van der Waals surface area contributed by atoms with E-state index in [1.54, 1.807) is 0 Å². The Kier molecular flexibility index (Phi) is 7.13. The summed E-state index contributed by atoms with van der Waals surface area (Å²) in [6.45, 7) is 1.82. The second kappa shape index (κ2) is 8.81. The van der Waals surface area contributed by atoms with E-state index < -0.39 is 75.7 Å². The van der Waals surface area contributed by atoms with Crippen LogP contribution in [0.1, 0.15) is 59.1 Å². The molecule has 2 rings (SSSR count). The Balaban J connectivity index is 2.57. The molecule has 0 saturated carbocycles. The van der Waals surface area contributed by atoms with Gasteiger partial charge in [-0.2, -0.15) is 52.7 Å². The Morgan fingerprint density at radius 3 is 0.882 bits per heavy atom. The molecule has 0 radical (unpaired) electrons. The molecule has 0 spiro atoms. The highest BCUT2D eigenvalue weighted by Crippen LogP contribution is 2.41. The number of halogens is 12. The largest absolute Gasteiger partial charge is 0.416 e. The molecule has 0 aliphatic carbocycles. The molecule has 0 saturated heterocycles. The average Bonchev–Trinajstić information content (AvgIpc) is 2.68. The van der Waals surface area contributed by atoms with Crippen molar-refractivity contribution in [1.82, 2.24) is 0 Å². The summed E-state index contributed by atoms with van der Waals surface area (Å²) in [5.74, 6) is -4.62. The van der Waals surface area contributed by atoms with Gasteiger partial charge >= 0.3 is 24.7 Å². The summed E-state index contributed by atoms with van der Waals surface area (Å²) < 4.78 is 157. The van der Waals surface area contributed by atoms with Gasteiger partial charge in [0.1, 0.15) is 5.78 Å². The molecular weight excluding hydrogens is 496 g/mol. The summed E-state index contributed by atoms with van der Waals surface area (Å²) in [5.41, 5.74) is -8.37. The van der Waals surface area contributed by atoms with Crippen LogP contribution >= 0.6 is 0 Å². The first-order chi connectivity index (χ1) is 15.1. The number of ketones is 1. The second-order valence-corrected chi connectivity index (χ2v) is 7.52. The van der Waals surface area contributed by atoms with Crippen LogP contribution in [0.2, 0.25) is 0 Å². The normalized spacial score (nSPS) is 15.2. The van der Waals surface area contributed by atoms with Gasteiger partial charge in [0.25, 0.3) is 0 Å². The summed E-state index contributed by atoms with van der Waals surface area (Å²) in [5, 5.41) is 0. The second-order valence-electron chi connectivity index (χ2n) is 7.52. The maximum Gasteiger partial charge on any atom is 0.416 e. The smallest absolute Gasteiger partial charge is 0.298 e. The number of carbonyl (C=O) groups excluding carboxylic acids is 1. The number of rotatable bonds is 4. The zero-order chi connectivity index (χ0) is 26.4. The van der Waals surface area contributed by atoms with Gasteiger partial charge in [-0.3, -0.25) is 4.79 Å². The van der Waals surface area contributed by atoms with E-state index in [9.17, 15) is 57.5 Å². The molecule has 0 fully saturated rings. The van der Waals surface area contributed by atoms with E-state index in [-0.39, 0.29) is 36.4 Å². The minimum Gasteiger partial charge on any atom is -0.298 e. The van der Waals surface area contributed by atoms with Crippen molar-refractivity contribution in [3.05, 3.63) is 69.8 Å². The topological polar surface area (TPSA) is 17.1 Å². The zero-order valence-electron chi connectivity index (χ0n) is 17.1. The third-order valence-electron chi connectivity index (χ3n) is 5.07. The van der Waals surface area contributed by atoms with Crippen LogP contribution in [0.25, 0.3) is 0 Å². The van der Waals surface area contributed by atoms with Crippen LogP contribution in [0, 0.1) is 0 Å². The lowest BCUT2D eigenvalue weighted by molar-refractivity contribution is -0.144. The predicted octanol–water partition coefficient (Wildman–Crippen LogP) is 8.24. The number of hydrogen-bond acceptors (Lipinski definition) is 1. The van der Waals surface area contributed by atoms with E-state index in [2.05, 4.69) is 0 Å². The Morgan fingerprint density at radius 1 is 0.500 bits per heavy atom. The average molecular weight is 510 g/mol. The Hall–Kier alpha value is -2.73. The van der Waals surface area contributed by atoms with Crippen molar-refractivity contribution in [2.24, 2.45) is 0 Å². The van der Waals surface area contributed by atoms with Crippen LogP contribution in [-0.4, -0.2) is 5.78 Å². The molecule has 0 amide bonds. The van der Waals surface area contributed by atoms with Crippen molar-refractivity contribution in [2.75, 3.05) is 0 Å². The maximum atomic E-state index is 13.1. The third-order valence-corrected chi connectivity index (χ3v) is 5.07. The van der Waals surface area contributed by atoms with Gasteiger partial charge in [-0.05, 0) is 47.5 Å². The third kappa shape index (κ3) is 6.23. The molecule has 2 atom stereocenters. The molecule has 2 aromatic rings. The van der Waals surface area contributed by atoms with Crippen LogP contribution in [-0.2, 0) is 29.5 Å². The maximum absolute atomic E-state index is 13.1. The van der Waals surface area contributed by atoms with Gasteiger partial charge in [0.15, 0.2) is 0 Å². The first-order valence-corrected chi connectivity index (χ1v) is 9.25. The Bertz CT molecular complexity index is 909. The van der Waals surface area contributed by atoms with Crippen molar-refractivity contribution in [3.8, 4) is 0 Å². The van der Waals surface area contributed by atoms with Crippen molar-refractivity contribution in [3.63, 3.8) is 0 Å². The minimum atomic E-state index is -5.22. The van der Waals surface area contributed by atoms with Crippen LogP contribution in [0.15, 0.2) is 36.4 Å². The fourth-order valence-corrected chi connectivity index (χ4v) is 3.16. The van der Waals surface area contributed by atoms with Crippen molar-refractivity contribution in [1.29, 1.82) is 0 Å². The molecule has 2 unspecified atom stereocenters. The minimum absolute atomic E-state index is 0.174. The van der Waals surface area contributed by atoms with Gasteiger partial charge in [0.05, 0.1) is 22.3 Å². The number of Topliss-reactive ketones (excluding diaryl/α,β-unsaturated/α-hetero) is 1. The molecule has 0 heterocycles. The predicted molar refractivity (Wildman–Crippen MR) is 94.7 cm³/mol. The molecule has 2 aromatic carbocycles. The fraction of sp³-hybridized carbons (Fsp3) is 0.381. The van der Waals surface area contributed by atoms with Gasteiger partial charge in [-0.1, -0.05) is 13.8 Å². The first-order valence-electron chi connectivity index (χ1n) is 9.25. The van der Waals surface area contributed by atoms with Crippen LogP contribution in [0.5, 0.6) is 0 Å². The summed E-state index contributed by atoms with van der Waals surface area (Å²) in [7, 11) is 0. The zero-order valence-corrected chi connectivity index (χ0v) is 17.1. The van der Waals surface area contributed by atoms with Gasteiger partial charge in [0, 0.05) is 11.8 Å². The summed E-state index contributed by atoms with van der Waals surface area (Å²) in [6, 6.07) is 0.754. The number of carbonyl (C=O) groups is 1. The molecule has 13 heteroatoms. The molecule has 0 aliphatic rings. The number of benzene rings is 2. The van der Waals surface area contributed by atoms with E-state index in [0.717, 1.165) is 13.8 Å². The molecule has 0 N–H and O–H groups in total. The molecule has 1 nitrogen and oxygen atoms in total. The Labute approximate surface area is 184 Å². The van der Waals surface area contributed by atoms with E-state index in [0.29, 0.717) is 0 Å². The molecule has 0 bridgehead atoms. The quantitative estimate of drug-likeness (QED) is 0.379. The van der Waals surface area contributed by atoms with Gasteiger partial charge in [0.2, 0.25) is 0 Å². The monoisotopic (exact) mass is 510 g/mol. The summed E-state index contributed by atoms with van der Waals surface area (Å²) in [4.78, 5) is 12.8. The summed E-state index contributed by atoms with van der Waals surface area (Å²) >= 11 is 0. The molecule has 34 heavy (non-hydrogen) atoms.